The molecule has 0 radical (unpaired) electrons. The standard InChI is InChI=1S/C19H22N4O2/c1-11(2)18-9-17(22-23(18)12(3)4)16-8-7-15(21-16)14-6-5-13(10-20-14)19(24)25/h5-12,21H,1-4H3,(H,24,25). The molecule has 3 rings (SSSR count). The highest BCUT2D eigenvalue weighted by atomic mass is 16.4. The number of nitrogens with one attached hydrogen (secondary N) is 1. The fourth-order valence-corrected chi connectivity index (χ4v) is 2.76. The average Bonchev–Trinajstić information content (AvgIpc) is 3.22. The van der Waals surface area contributed by atoms with Gasteiger partial charge in [-0.15, -0.1) is 0 Å². The molecule has 6 nitrogen and oxygen atoms in total. The fourth-order valence-electron chi connectivity index (χ4n) is 2.76. The van der Waals surface area contributed by atoms with Gasteiger partial charge in [0.05, 0.1) is 22.6 Å². The zero-order valence-corrected chi connectivity index (χ0v) is 14.8. The summed E-state index contributed by atoms with van der Waals surface area (Å²) in [4.78, 5) is 18.5. The minimum Gasteiger partial charge on any atom is -0.478 e. The van der Waals surface area contributed by atoms with Crippen LogP contribution < -0.4 is 0 Å². The van der Waals surface area contributed by atoms with Gasteiger partial charge >= 0.3 is 5.97 Å². The van der Waals surface area contributed by atoms with Crippen molar-refractivity contribution in [3.05, 3.63) is 47.8 Å². The third kappa shape index (κ3) is 3.33. The molecule has 3 heterocycles. The summed E-state index contributed by atoms with van der Waals surface area (Å²) in [6.45, 7) is 8.56. The first-order valence-electron chi connectivity index (χ1n) is 8.35. The molecular weight excluding hydrogens is 316 g/mol. The lowest BCUT2D eigenvalue weighted by molar-refractivity contribution is 0.0696. The van der Waals surface area contributed by atoms with E-state index in [9.17, 15) is 4.79 Å². The van der Waals surface area contributed by atoms with E-state index in [0.29, 0.717) is 17.7 Å². The largest absolute Gasteiger partial charge is 0.478 e. The van der Waals surface area contributed by atoms with E-state index in [1.54, 1.807) is 12.1 Å². The normalized spacial score (nSPS) is 11.4. The summed E-state index contributed by atoms with van der Waals surface area (Å²) >= 11 is 0. The van der Waals surface area contributed by atoms with E-state index in [2.05, 4.69) is 48.4 Å². The van der Waals surface area contributed by atoms with Crippen LogP contribution >= 0.6 is 0 Å². The number of nitrogens with zero attached hydrogens (tertiary/aromatic N) is 3. The van der Waals surface area contributed by atoms with Gasteiger partial charge in [0.1, 0.15) is 5.69 Å². The zero-order chi connectivity index (χ0) is 18.1. The maximum absolute atomic E-state index is 10.9. The molecule has 0 aliphatic carbocycles. The molecule has 0 aliphatic rings. The van der Waals surface area contributed by atoms with Crippen molar-refractivity contribution in [3.8, 4) is 22.8 Å². The Hall–Kier alpha value is -2.89. The molecule has 0 unspecified atom stereocenters. The second-order valence-electron chi connectivity index (χ2n) is 6.67. The van der Waals surface area contributed by atoms with E-state index in [1.165, 1.54) is 11.9 Å². The molecule has 0 bridgehead atoms. The van der Waals surface area contributed by atoms with Crippen molar-refractivity contribution < 1.29 is 9.90 Å². The van der Waals surface area contributed by atoms with Crippen molar-refractivity contribution in [2.45, 2.75) is 39.7 Å². The summed E-state index contributed by atoms with van der Waals surface area (Å²) in [5.41, 5.74) is 4.71. The maximum atomic E-state index is 10.9. The molecule has 0 aliphatic heterocycles. The third-order valence-electron chi connectivity index (χ3n) is 4.09. The average molecular weight is 338 g/mol. The Morgan fingerprint density at radius 3 is 2.24 bits per heavy atom. The van der Waals surface area contributed by atoms with Gasteiger partial charge in [-0.3, -0.25) is 9.67 Å². The summed E-state index contributed by atoms with van der Waals surface area (Å²) in [5.74, 6) is -0.588. The van der Waals surface area contributed by atoms with Crippen LogP contribution in [0.4, 0.5) is 0 Å². The number of aromatic nitrogens is 4. The van der Waals surface area contributed by atoms with Crippen LogP contribution in [0, 0.1) is 0 Å². The number of rotatable bonds is 5. The molecule has 0 saturated carbocycles. The lowest BCUT2D eigenvalue weighted by Crippen LogP contribution is -2.08. The number of aromatic amines is 1. The molecule has 25 heavy (non-hydrogen) atoms. The van der Waals surface area contributed by atoms with Crippen LogP contribution in [0.15, 0.2) is 36.5 Å². The van der Waals surface area contributed by atoms with Crippen LogP contribution in [0.5, 0.6) is 0 Å². The predicted molar refractivity (Wildman–Crippen MR) is 96.7 cm³/mol. The SMILES string of the molecule is CC(C)c1cc(-c2ccc(-c3ccc(C(=O)O)cn3)[nH]2)nn1C(C)C. The van der Waals surface area contributed by atoms with E-state index in [-0.39, 0.29) is 5.56 Å². The minimum atomic E-state index is -0.980. The number of carbonyl (C=O) groups is 1. The predicted octanol–water partition coefficient (Wildman–Crippen LogP) is 4.34. The molecule has 0 fully saturated rings. The Bertz CT molecular complexity index is 863. The van der Waals surface area contributed by atoms with E-state index in [4.69, 9.17) is 10.2 Å². The molecular formula is C19H22N4O2. The molecule has 0 saturated heterocycles. The Morgan fingerprint density at radius 2 is 1.76 bits per heavy atom. The van der Waals surface area contributed by atoms with Gasteiger partial charge in [-0.1, -0.05) is 13.8 Å². The van der Waals surface area contributed by atoms with Crippen molar-refractivity contribution in [2.75, 3.05) is 0 Å². The third-order valence-corrected chi connectivity index (χ3v) is 4.09. The molecule has 0 aromatic carbocycles. The van der Waals surface area contributed by atoms with Gasteiger partial charge in [-0.2, -0.15) is 5.10 Å². The Kier molecular flexibility index (Phi) is 4.44. The molecule has 3 aromatic rings. The van der Waals surface area contributed by atoms with Crippen molar-refractivity contribution in [3.63, 3.8) is 0 Å². The highest BCUT2D eigenvalue weighted by Crippen LogP contribution is 2.27. The van der Waals surface area contributed by atoms with Crippen LogP contribution in [0.3, 0.4) is 0 Å². The van der Waals surface area contributed by atoms with Crippen LogP contribution in [0.25, 0.3) is 22.8 Å². The zero-order valence-electron chi connectivity index (χ0n) is 14.8. The summed E-state index contributed by atoms with van der Waals surface area (Å²) < 4.78 is 2.06. The van der Waals surface area contributed by atoms with Gasteiger partial charge in [0.25, 0.3) is 0 Å². The highest BCUT2D eigenvalue weighted by molar-refractivity contribution is 5.87. The summed E-state index contributed by atoms with van der Waals surface area (Å²) in [6, 6.07) is 9.56. The number of aromatic carboxylic acids is 1. The highest BCUT2D eigenvalue weighted by Gasteiger charge is 2.16. The van der Waals surface area contributed by atoms with Gasteiger partial charge in [0, 0.05) is 17.9 Å². The first kappa shape index (κ1) is 17.0. The first-order chi connectivity index (χ1) is 11.9. The monoisotopic (exact) mass is 338 g/mol. The topological polar surface area (TPSA) is 83.8 Å². The smallest absolute Gasteiger partial charge is 0.337 e. The van der Waals surface area contributed by atoms with Crippen LogP contribution in [0.1, 0.15) is 55.7 Å². The van der Waals surface area contributed by atoms with Crippen molar-refractivity contribution >= 4 is 5.97 Å². The Labute approximate surface area is 146 Å². The van der Waals surface area contributed by atoms with Crippen LogP contribution in [0.2, 0.25) is 0 Å². The van der Waals surface area contributed by atoms with Crippen molar-refractivity contribution in [2.24, 2.45) is 0 Å². The van der Waals surface area contributed by atoms with Crippen molar-refractivity contribution in [1.29, 1.82) is 0 Å². The van der Waals surface area contributed by atoms with Crippen LogP contribution in [-0.2, 0) is 0 Å². The van der Waals surface area contributed by atoms with E-state index < -0.39 is 5.97 Å². The summed E-state index contributed by atoms with van der Waals surface area (Å²) in [5, 5.41) is 13.7. The second kappa shape index (κ2) is 6.55. The number of hydrogen-bond donors (Lipinski definition) is 2. The van der Waals surface area contributed by atoms with Crippen LogP contribution in [-0.4, -0.2) is 30.8 Å². The van der Waals surface area contributed by atoms with E-state index >= 15 is 0 Å². The molecule has 0 spiro atoms. The molecule has 3 aromatic heterocycles. The molecule has 130 valence electrons. The molecule has 0 amide bonds. The molecule has 0 atom stereocenters. The van der Waals surface area contributed by atoms with Gasteiger partial charge in [0.2, 0.25) is 0 Å². The number of hydrogen-bond acceptors (Lipinski definition) is 3. The number of carboxylic acids is 1. The second-order valence-corrected chi connectivity index (χ2v) is 6.67. The molecule has 6 heteroatoms. The minimum absolute atomic E-state index is 0.174. The van der Waals surface area contributed by atoms with E-state index in [1.807, 2.05) is 12.1 Å². The summed E-state index contributed by atoms with van der Waals surface area (Å²) in [6.07, 6.45) is 1.36. The van der Waals surface area contributed by atoms with Gasteiger partial charge in [0.15, 0.2) is 0 Å². The van der Waals surface area contributed by atoms with Crippen molar-refractivity contribution in [1.82, 2.24) is 19.7 Å². The number of pyridine rings is 1. The first-order valence-corrected chi connectivity index (χ1v) is 8.35. The lowest BCUT2D eigenvalue weighted by Gasteiger charge is -2.12. The Balaban J connectivity index is 1.93. The summed E-state index contributed by atoms with van der Waals surface area (Å²) in [7, 11) is 0. The quantitative estimate of drug-likeness (QED) is 0.724. The number of carboxylic acid groups (broad SMARTS) is 1. The fraction of sp³-hybridized carbons (Fsp3) is 0.316. The lowest BCUT2D eigenvalue weighted by atomic mass is 10.1. The van der Waals surface area contributed by atoms with Gasteiger partial charge in [-0.25, -0.2) is 4.79 Å². The van der Waals surface area contributed by atoms with Gasteiger partial charge in [-0.05, 0) is 50.1 Å². The number of H-pyrrole nitrogens is 1. The van der Waals surface area contributed by atoms with Gasteiger partial charge < -0.3 is 10.1 Å². The van der Waals surface area contributed by atoms with E-state index in [0.717, 1.165) is 17.1 Å². The molecule has 2 N–H and O–H groups in total. The Morgan fingerprint density at radius 1 is 1.08 bits per heavy atom. The maximum Gasteiger partial charge on any atom is 0.337 e.